The second-order valence-electron chi connectivity index (χ2n) is 6.71. The minimum atomic E-state index is -0.0996. The van der Waals surface area contributed by atoms with Crippen LogP contribution in [0.3, 0.4) is 0 Å². The van der Waals surface area contributed by atoms with Crippen molar-refractivity contribution in [3.8, 4) is 0 Å². The van der Waals surface area contributed by atoms with Crippen LogP contribution in [-0.4, -0.2) is 40.5 Å². The summed E-state index contributed by atoms with van der Waals surface area (Å²) in [4.78, 5) is 30.9. The van der Waals surface area contributed by atoms with Gasteiger partial charge in [0.25, 0.3) is 0 Å². The molecule has 1 aromatic carbocycles. The van der Waals surface area contributed by atoms with Crippen molar-refractivity contribution in [3.63, 3.8) is 0 Å². The molecule has 0 radical (unpaired) electrons. The Morgan fingerprint density at radius 1 is 1.37 bits per heavy atom. The van der Waals surface area contributed by atoms with Gasteiger partial charge in [-0.05, 0) is 43.0 Å². The molecule has 3 rings (SSSR count). The Balaban J connectivity index is 1.45. The van der Waals surface area contributed by atoms with Crippen molar-refractivity contribution in [2.24, 2.45) is 5.92 Å². The van der Waals surface area contributed by atoms with E-state index in [2.05, 4.69) is 17.2 Å². The van der Waals surface area contributed by atoms with Gasteiger partial charge in [-0.1, -0.05) is 30.3 Å². The zero-order chi connectivity index (χ0) is 19.2. The Kier molecular flexibility index (Phi) is 7.15. The number of thioether (sulfide) groups is 1. The average molecular weight is 424 g/mol. The standard InChI is InChI=1S/C19H22ClN3O2S2/c1-13-3-2-8-23(10-13)18(25)9-16-11-26-19(22-16)27-12-17(24)21-15-6-4-14(20)5-7-15/h4-7,11,13H,2-3,8-10,12H2,1H3,(H,21,24)/t13-/m0/s1. The summed E-state index contributed by atoms with van der Waals surface area (Å²) in [5, 5.41) is 5.36. The molecule has 1 atom stereocenters. The smallest absolute Gasteiger partial charge is 0.234 e. The molecule has 0 spiro atoms. The third-order valence-corrected chi connectivity index (χ3v) is 6.65. The summed E-state index contributed by atoms with van der Waals surface area (Å²) in [6.07, 6.45) is 2.61. The zero-order valence-electron chi connectivity index (χ0n) is 15.1. The average Bonchev–Trinajstić information content (AvgIpc) is 3.09. The van der Waals surface area contributed by atoms with Crippen molar-refractivity contribution in [1.82, 2.24) is 9.88 Å². The van der Waals surface area contributed by atoms with Gasteiger partial charge in [0.2, 0.25) is 11.8 Å². The lowest BCUT2D eigenvalue weighted by atomic mass is 10.00. The summed E-state index contributed by atoms with van der Waals surface area (Å²) in [7, 11) is 0. The van der Waals surface area contributed by atoms with Crippen LogP contribution < -0.4 is 5.32 Å². The summed E-state index contributed by atoms with van der Waals surface area (Å²) in [5.41, 5.74) is 1.50. The Bertz CT molecular complexity index is 795. The number of benzene rings is 1. The fourth-order valence-corrected chi connectivity index (χ4v) is 4.75. The van der Waals surface area contributed by atoms with Crippen molar-refractivity contribution in [3.05, 3.63) is 40.4 Å². The van der Waals surface area contributed by atoms with Crippen molar-refractivity contribution in [2.75, 3.05) is 24.2 Å². The van der Waals surface area contributed by atoms with Crippen molar-refractivity contribution in [2.45, 2.75) is 30.5 Å². The monoisotopic (exact) mass is 423 g/mol. The topological polar surface area (TPSA) is 62.3 Å². The minimum absolute atomic E-state index is 0.0996. The number of likely N-dealkylation sites (tertiary alicyclic amines) is 1. The number of halogens is 1. The number of thiazole rings is 1. The van der Waals surface area contributed by atoms with E-state index in [9.17, 15) is 9.59 Å². The van der Waals surface area contributed by atoms with Gasteiger partial charge < -0.3 is 10.2 Å². The number of aromatic nitrogens is 1. The first kappa shape index (κ1) is 20.2. The summed E-state index contributed by atoms with van der Waals surface area (Å²) < 4.78 is 0.802. The molecule has 1 aliphatic heterocycles. The first-order valence-corrected chi connectivity index (χ1v) is 11.1. The van der Waals surface area contributed by atoms with Crippen LogP contribution in [0, 0.1) is 5.92 Å². The first-order chi connectivity index (χ1) is 13.0. The van der Waals surface area contributed by atoms with E-state index in [0.717, 1.165) is 29.5 Å². The zero-order valence-corrected chi connectivity index (χ0v) is 17.5. The number of nitrogens with one attached hydrogen (secondary N) is 1. The molecule has 2 aromatic rings. The number of carbonyl (C=O) groups excluding carboxylic acids is 2. The molecule has 0 unspecified atom stereocenters. The third-order valence-electron chi connectivity index (χ3n) is 4.33. The quantitative estimate of drug-likeness (QED) is 0.702. The molecule has 2 heterocycles. The molecule has 1 fully saturated rings. The first-order valence-electron chi connectivity index (χ1n) is 8.90. The molecule has 144 valence electrons. The van der Waals surface area contributed by atoms with Crippen LogP contribution in [0.25, 0.3) is 0 Å². The Labute approximate surface area is 172 Å². The maximum atomic E-state index is 12.4. The van der Waals surface area contributed by atoms with Crippen molar-refractivity contribution in [1.29, 1.82) is 0 Å². The number of anilines is 1. The highest BCUT2D eigenvalue weighted by Gasteiger charge is 2.21. The second kappa shape index (κ2) is 9.57. The molecule has 5 nitrogen and oxygen atoms in total. The van der Waals surface area contributed by atoms with Crippen LogP contribution in [0.15, 0.2) is 34.0 Å². The number of amides is 2. The predicted octanol–water partition coefficient (Wildman–Crippen LogP) is 4.33. The lowest BCUT2D eigenvalue weighted by Crippen LogP contribution is -2.39. The molecule has 1 aromatic heterocycles. The van der Waals surface area contributed by atoms with Crippen molar-refractivity contribution >= 4 is 52.2 Å². The summed E-state index contributed by atoms with van der Waals surface area (Å²) in [6.45, 7) is 3.88. The van der Waals surface area contributed by atoms with Gasteiger partial charge >= 0.3 is 0 Å². The summed E-state index contributed by atoms with van der Waals surface area (Å²) in [6, 6.07) is 6.99. The van der Waals surface area contributed by atoms with Gasteiger partial charge in [0, 0.05) is 29.2 Å². The normalized spacial score (nSPS) is 17.0. The van der Waals surface area contributed by atoms with Crippen LogP contribution in [0.1, 0.15) is 25.5 Å². The predicted molar refractivity (Wildman–Crippen MR) is 112 cm³/mol. The third kappa shape index (κ3) is 6.23. The highest BCUT2D eigenvalue weighted by Crippen LogP contribution is 2.24. The fraction of sp³-hybridized carbons (Fsp3) is 0.421. The molecule has 1 aliphatic rings. The molecule has 0 saturated carbocycles. The minimum Gasteiger partial charge on any atom is -0.342 e. The molecular formula is C19H22ClN3O2S2. The molecule has 0 bridgehead atoms. The van der Waals surface area contributed by atoms with E-state index in [1.165, 1.54) is 29.5 Å². The number of carbonyl (C=O) groups is 2. The van der Waals surface area contributed by atoms with Gasteiger partial charge in [0.1, 0.15) is 0 Å². The maximum Gasteiger partial charge on any atom is 0.234 e. The van der Waals surface area contributed by atoms with E-state index in [4.69, 9.17) is 11.6 Å². The number of nitrogens with zero attached hydrogens (tertiary/aromatic N) is 2. The Morgan fingerprint density at radius 2 is 2.15 bits per heavy atom. The lowest BCUT2D eigenvalue weighted by Gasteiger charge is -2.30. The highest BCUT2D eigenvalue weighted by molar-refractivity contribution is 8.01. The van der Waals surface area contributed by atoms with Crippen LogP contribution in [-0.2, 0) is 16.0 Å². The molecule has 1 N–H and O–H groups in total. The van der Waals surface area contributed by atoms with Gasteiger partial charge in [-0.2, -0.15) is 0 Å². The molecule has 0 aliphatic carbocycles. The Morgan fingerprint density at radius 3 is 2.89 bits per heavy atom. The maximum absolute atomic E-state index is 12.4. The highest BCUT2D eigenvalue weighted by atomic mass is 35.5. The van der Waals surface area contributed by atoms with E-state index in [1.54, 1.807) is 24.3 Å². The molecule has 2 amide bonds. The van der Waals surface area contributed by atoms with Crippen LogP contribution in [0.5, 0.6) is 0 Å². The van der Waals surface area contributed by atoms with Crippen molar-refractivity contribution < 1.29 is 9.59 Å². The Hall–Kier alpha value is -1.57. The largest absolute Gasteiger partial charge is 0.342 e. The molecule has 1 saturated heterocycles. The number of hydrogen-bond acceptors (Lipinski definition) is 5. The van der Waals surface area contributed by atoms with Gasteiger partial charge in [0.15, 0.2) is 4.34 Å². The van der Waals surface area contributed by atoms with Gasteiger partial charge in [-0.3, -0.25) is 9.59 Å². The molecule has 8 heteroatoms. The van der Waals surface area contributed by atoms with E-state index < -0.39 is 0 Å². The van der Waals surface area contributed by atoms with Crippen LogP contribution >= 0.6 is 34.7 Å². The summed E-state index contributed by atoms with van der Waals surface area (Å²) in [5.74, 6) is 0.886. The fourth-order valence-electron chi connectivity index (χ4n) is 2.98. The second-order valence-corrected chi connectivity index (χ2v) is 9.23. The van der Waals surface area contributed by atoms with Crippen LogP contribution in [0.2, 0.25) is 5.02 Å². The molecule has 27 heavy (non-hydrogen) atoms. The number of hydrogen-bond donors (Lipinski definition) is 1. The number of rotatable bonds is 6. The van der Waals surface area contributed by atoms with E-state index >= 15 is 0 Å². The number of piperidine rings is 1. The van der Waals surface area contributed by atoms with Gasteiger partial charge in [0.05, 0.1) is 17.9 Å². The molecular weight excluding hydrogens is 402 g/mol. The van der Waals surface area contributed by atoms with E-state index in [1.807, 2.05) is 10.3 Å². The van der Waals surface area contributed by atoms with E-state index in [0.29, 0.717) is 23.0 Å². The van der Waals surface area contributed by atoms with Crippen LogP contribution in [0.4, 0.5) is 5.69 Å². The van der Waals surface area contributed by atoms with Gasteiger partial charge in [-0.15, -0.1) is 11.3 Å². The SMILES string of the molecule is C[C@H]1CCCN(C(=O)Cc2csc(SCC(=O)Nc3ccc(Cl)cc3)n2)C1. The lowest BCUT2D eigenvalue weighted by molar-refractivity contribution is -0.132. The summed E-state index contributed by atoms with van der Waals surface area (Å²) >= 11 is 8.69. The van der Waals surface area contributed by atoms with E-state index in [-0.39, 0.29) is 17.6 Å². The van der Waals surface area contributed by atoms with Gasteiger partial charge in [-0.25, -0.2) is 4.98 Å².